The second-order valence-electron chi connectivity index (χ2n) is 3.46. The van der Waals surface area contributed by atoms with Crippen LogP contribution in [0.4, 0.5) is 0 Å². The van der Waals surface area contributed by atoms with Crippen LogP contribution in [0.2, 0.25) is 5.02 Å². The molecule has 1 unspecified atom stereocenters. The molecule has 0 saturated carbocycles. The summed E-state index contributed by atoms with van der Waals surface area (Å²) in [5, 5.41) is 10.9. The summed E-state index contributed by atoms with van der Waals surface area (Å²) in [7, 11) is 0. The van der Waals surface area contributed by atoms with Crippen LogP contribution in [-0.4, -0.2) is 21.2 Å². The molecule has 2 rings (SSSR count). The molecule has 0 aliphatic carbocycles. The molecule has 0 spiro atoms. The molecule has 1 heterocycles. The molecule has 0 bridgehead atoms. The maximum Gasteiger partial charge on any atom is 0.1000 e. The maximum absolute atomic E-state index is 10.2. The van der Waals surface area contributed by atoms with Crippen molar-refractivity contribution in [1.29, 1.82) is 0 Å². The first kappa shape index (κ1) is 11.6. The van der Waals surface area contributed by atoms with Gasteiger partial charge in [0.2, 0.25) is 0 Å². The lowest BCUT2D eigenvalue weighted by Crippen LogP contribution is -2.16. The van der Waals surface area contributed by atoms with Crippen molar-refractivity contribution < 1.29 is 5.11 Å². The minimum absolute atomic E-state index is 0.278. The van der Waals surface area contributed by atoms with Gasteiger partial charge in [0.05, 0.1) is 10.7 Å². The zero-order valence-electron chi connectivity index (χ0n) is 8.23. The normalized spacial score (nSPS) is 20.1. The van der Waals surface area contributed by atoms with Gasteiger partial charge in [0.25, 0.3) is 0 Å². The lowest BCUT2D eigenvalue weighted by atomic mass is 10.1. The summed E-state index contributed by atoms with van der Waals surface area (Å²) in [6.45, 7) is 0. The van der Waals surface area contributed by atoms with E-state index in [1.165, 1.54) is 6.42 Å². The van der Waals surface area contributed by atoms with Crippen molar-refractivity contribution in [3.8, 4) is 0 Å². The number of aliphatic hydroxyl groups is 1. The van der Waals surface area contributed by atoms with E-state index >= 15 is 0 Å². The number of rotatable bonds is 2. The smallest absolute Gasteiger partial charge is 0.1000 e. The van der Waals surface area contributed by atoms with Crippen molar-refractivity contribution in [3.63, 3.8) is 0 Å². The quantitative estimate of drug-likeness (QED) is 0.878. The maximum atomic E-state index is 10.2. The minimum Gasteiger partial charge on any atom is -0.386 e. The van der Waals surface area contributed by atoms with Crippen LogP contribution in [0.1, 0.15) is 18.1 Å². The van der Waals surface area contributed by atoms with Crippen molar-refractivity contribution in [2.45, 2.75) is 17.1 Å². The monoisotopic (exact) mass is 260 g/mol. The fraction of sp³-hybridized carbons (Fsp3) is 0.455. The van der Waals surface area contributed by atoms with E-state index in [1.54, 1.807) is 0 Å². The van der Waals surface area contributed by atoms with E-state index in [2.05, 4.69) is 0 Å². The van der Waals surface area contributed by atoms with Crippen LogP contribution >= 0.6 is 35.1 Å². The van der Waals surface area contributed by atoms with Crippen LogP contribution in [0.3, 0.4) is 0 Å². The predicted octanol–water partition coefficient (Wildman–Crippen LogP) is 3.57. The summed E-state index contributed by atoms with van der Waals surface area (Å²) in [6, 6.07) is 7.47. The topological polar surface area (TPSA) is 20.2 Å². The van der Waals surface area contributed by atoms with Gasteiger partial charge in [-0.1, -0.05) is 23.7 Å². The highest BCUT2D eigenvalue weighted by molar-refractivity contribution is 8.17. The van der Waals surface area contributed by atoms with Gasteiger partial charge in [-0.3, -0.25) is 0 Å². The molecule has 82 valence electrons. The SMILES string of the molecule is OC(c1ccc(Cl)cc1)C1SCCCS1. The summed E-state index contributed by atoms with van der Waals surface area (Å²) < 4.78 is 0.278. The third-order valence-electron chi connectivity index (χ3n) is 2.32. The Balaban J connectivity index is 2.05. The Bertz CT molecular complexity index is 309. The van der Waals surface area contributed by atoms with Gasteiger partial charge in [-0.2, -0.15) is 0 Å². The second-order valence-corrected chi connectivity index (χ2v) is 6.69. The lowest BCUT2D eigenvalue weighted by Gasteiger charge is -2.25. The molecular weight excluding hydrogens is 248 g/mol. The molecule has 4 heteroatoms. The Morgan fingerprint density at radius 3 is 2.40 bits per heavy atom. The average Bonchev–Trinajstić information content (AvgIpc) is 2.30. The molecule has 1 N–H and O–H groups in total. The zero-order valence-corrected chi connectivity index (χ0v) is 10.6. The Hall–Kier alpha value is 0.170. The number of thioether (sulfide) groups is 2. The first-order valence-corrected chi connectivity index (χ1v) is 7.41. The minimum atomic E-state index is -0.377. The molecule has 15 heavy (non-hydrogen) atoms. The summed E-state index contributed by atoms with van der Waals surface area (Å²) in [4.78, 5) is 0. The number of halogens is 1. The standard InChI is InChI=1S/C11H13ClOS2/c12-9-4-2-8(3-5-9)10(13)11-14-6-1-7-15-11/h2-5,10-11,13H,1,6-7H2. The van der Waals surface area contributed by atoms with E-state index in [1.807, 2.05) is 47.8 Å². The van der Waals surface area contributed by atoms with Crippen molar-refractivity contribution >= 4 is 35.1 Å². The summed E-state index contributed by atoms with van der Waals surface area (Å²) in [6.07, 6.45) is 0.872. The van der Waals surface area contributed by atoms with E-state index in [4.69, 9.17) is 11.6 Å². The molecule has 1 aliphatic heterocycles. The van der Waals surface area contributed by atoms with Crippen molar-refractivity contribution in [2.24, 2.45) is 0 Å². The van der Waals surface area contributed by atoms with Gasteiger partial charge in [-0.05, 0) is 35.6 Å². The molecular formula is C11H13ClOS2. The summed E-state index contributed by atoms with van der Waals surface area (Å²) >= 11 is 9.51. The Labute approximate surface area is 104 Å². The van der Waals surface area contributed by atoms with Crippen LogP contribution in [-0.2, 0) is 0 Å². The Morgan fingerprint density at radius 2 is 1.80 bits per heavy atom. The third kappa shape index (κ3) is 3.06. The van der Waals surface area contributed by atoms with Gasteiger partial charge in [0, 0.05) is 5.02 Å². The Kier molecular flexibility index (Phi) is 4.26. The third-order valence-corrected chi connectivity index (χ3v) is 5.61. The highest BCUT2D eigenvalue weighted by atomic mass is 35.5. The number of aliphatic hydroxyl groups excluding tert-OH is 1. The Morgan fingerprint density at radius 1 is 1.20 bits per heavy atom. The van der Waals surface area contributed by atoms with Gasteiger partial charge < -0.3 is 5.11 Å². The molecule has 1 atom stereocenters. The van der Waals surface area contributed by atoms with Gasteiger partial charge in [-0.25, -0.2) is 0 Å². The molecule has 0 amide bonds. The average molecular weight is 261 g/mol. The zero-order chi connectivity index (χ0) is 10.7. The molecule has 1 fully saturated rings. The molecule has 0 radical (unpaired) electrons. The molecule has 1 aliphatic rings. The van der Waals surface area contributed by atoms with E-state index in [-0.39, 0.29) is 10.7 Å². The summed E-state index contributed by atoms with van der Waals surface area (Å²) in [5.41, 5.74) is 0.964. The van der Waals surface area contributed by atoms with E-state index in [0.717, 1.165) is 22.1 Å². The highest BCUT2D eigenvalue weighted by Crippen LogP contribution is 2.39. The van der Waals surface area contributed by atoms with E-state index in [0.29, 0.717) is 0 Å². The highest BCUT2D eigenvalue weighted by Gasteiger charge is 2.23. The number of benzene rings is 1. The molecule has 1 aromatic carbocycles. The number of hydrogen-bond acceptors (Lipinski definition) is 3. The van der Waals surface area contributed by atoms with Crippen molar-refractivity contribution in [1.82, 2.24) is 0 Å². The van der Waals surface area contributed by atoms with Gasteiger partial charge >= 0.3 is 0 Å². The van der Waals surface area contributed by atoms with Crippen LogP contribution in [0.15, 0.2) is 24.3 Å². The van der Waals surface area contributed by atoms with Crippen LogP contribution in [0, 0.1) is 0 Å². The molecule has 1 saturated heterocycles. The van der Waals surface area contributed by atoms with Gasteiger partial charge in [-0.15, -0.1) is 23.5 Å². The summed E-state index contributed by atoms with van der Waals surface area (Å²) in [5.74, 6) is 2.31. The first-order chi connectivity index (χ1) is 7.27. The van der Waals surface area contributed by atoms with Crippen LogP contribution in [0.5, 0.6) is 0 Å². The molecule has 0 aromatic heterocycles. The van der Waals surface area contributed by atoms with Crippen molar-refractivity contribution in [2.75, 3.05) is 11.5 Å². The van der Waals surface area contributed by atoms with Crippen LogP contribution < -0.4 is 0 Å². The van der Waals surface area contributed by atoms with E-state index in [9.17, 15) is 5.11 Å². The van der Waals surface area contributed by atoms with Crippen LogP contribution in [0.25, 0.3) is 0 Å². The number of hydrogen-bond donors (Lipinski definition) is 1. The second kappa shape index (κ2) is 5.48. The fourth-order valence-corrected chi connectivity index (χ4v) is 4.54. The fourth-order valence-electron chi connectivity index (χ4n) is 1.51. The van der Waals surface area contributed by atoms with E-state index < -0.39 is 0 Å². The first-order valence-electron chi connectivity index (χ1n) is 4.94. The lowest BCUT2D eigenvalue weighted by molar-refractivity contribution is 0.196. The molecule has 1 nitrogen and oxygen atoms in total. The molecule has 1 aromatic rings. The predicted molar refractivity (Wildman–Crippen MR) is 69.7 cm³/mol. The largest absolute Gasteiger partial charge is 0.386 e. The van der Waals surface area contributed by atoms with Gasteiger partial charge in [0.15, 0.2) is 0 Å². The van der Waals surface area contributed by atoms with Gasteiger partial charge in [0.1, 0.15) is 0 Å². The van der Waals surface area contributed by atoms with Crippen molar-refractivity contribution in [3.05, 3.63) is 34.9 Å².